The average molecular weight is 338 g/mol. The van der Waals surface area contributed by atoms with Crippen LogP contribution >= 0.6 is 0 Å². The van der Waals surface area contributed by atoms with Crippen LogP contribution in [0.4, 0.5) is 5.69 Å². The summed E-state index contributed by atoms with van der Waals surface area (Å²) in [6.45, 7) is 3.80. The first kappa shape index (κ1) is 18.0. The molecule has 3 heteroatoms. The molecule has 1 N–H and O–H groups in total. The van der Waals surface area contributed by atoms with E-state index < -0.39 is 0 Å². The van der Waals surface area contributed by atoms with E-state index in [2.05, 4.69) is 48.2 Å². The monoisotopic (exact) mass is 338 g/mol. The molecule has 134 valence electrons. The van der Waals surface area contributed by atoms with Gasteiger partial charge in [-0.05, 0) is 23.6 Å². The lowest BCUT2D eigenvalue weighted by atomic mass is 10.0. The maximum absolute atomic E-state index is 10.7. The van der Waals surface area contributed by atoms with Gasteiger partial charge in [0.2, 0.25) is 0 Å². The lowest BCUT2D eigenvalue weighted by Gasteiger charge is -2.43. The van der Waals surface area contributed by atoms with Crippen LogP contribution < -0.4 is 4.90 Å². The van der Waals surface area contributed by atoms with Gasteiger partial charge in [-0.15, -0.1) is 0 Å². The molecule has 0 amide bonds. The fourth-order valence-corrected chi connectivity index (χ4v) is 3.76. The summed E-state index contributed by atoms with van der Waals surface area (Å²) in [7, 11) is 0. The van der Waals surface area contributed by atoms with E-state index in [4.69, 9.17) is 0 Å². The number of hydroxylamine groups is 2. The second-order valence-electron chi connectivity index (χ2n) is 6.97. The van der Waals surface area contributed by atoms with E-state index in [1.54, 1.807) is 0 Å². The Labute approximate surface area is 151 Å². The van der Waals surface area contributed by atoms with E-state index in [1.807, 2.05) is 18.2 Å². The van der Waals surface area contributed by atoms with Crippen molar-refractivity contribution in [2.75, 3.05) is 11.4 Å². The topological polar surface area (TPSA) is 26.7 Å². The lowest BCUT2D eigenvalue weighted by Crippen LogP contribution is -2.44. The standard InChI is InChI=1S/C22H30N2O/c1-2-3-4-5-6-12-17-23-21-16-11-10-15-20(21)18-24(25)22(23)19-13-8-7-9-14-19/h7-11,13-16,22,25H,2-6,12,17-18H2,1H3. The summed E-state index contributed by atoms with van der Waals surface area (Å²) in [5.41, 5.74) is 3.60. The maximum atomic E-state index is 10.7. The lowest BCUT2D eigenvalue weighted by molar-refractivity contribution is -0.142. The number of para-hydroxylation sites is 1. The molecule has 3 rings (SSSR count). The van der Waals surface area contributed by atoms with Crippen molar-refractivity contribution in [1.29, 1.82) is 0 Å². The summed E-state index contributed by atoms with van der Waals surface area (Å²) in [6.07, 6.45) is 7.58. The van der Waals surface area contributed by atoms with Crippen LogP contribution in [0.1, 0.15) is 62.7 Å². The highest BCUT2D eigenvalue weighted by Crippen LogP contribution is 2.37. The Kier molecular flexibility index (Phi) is 6.48. The van der Waals surface area contributed by atoms with Gasteiger partial charge in [0.1, 0.15) is 6.17 Å². The first-order valence-corrected chi connectivity index (χ1v) is 9.66. The summed E-state index contributed by atoms with van der Waals surface area (Å²) in [5, 5.41) is 12.2. The van der Waals surface area contributed by atoms with Crippen LogP contribution in [-0.4, -0.2) is 16.8 Å². The highest BCUT2D eigenvalue weighted by molar-refractivity contribution is 5.57. The van der Waals surface area contributed by atoms with Gasteiger partial charge in [0, 0.05) is 12.2 Å². The van der Waals surface area contributed by atoms with Gasteiger partial charge in [0.05, 0.1) is 6.54 Å². The van der Waals surface area contributed by atoms with Crippen molar-refractivity contribution in [2.45, 2.75) is 58.2 Å². The predicted molar refractivity (Wildman–Crippen MR) is 104 cm³/mol. The molecule has 1 aliphatic rings. The van der Waals surface area contributed by atoms with Crippen LogP contribution in [0.15, 0.2) is 54.6 Å². The largest absolute Gasteiger partial charge is 0.350 e. The summed E-state index contributed by atoms with van der Waals surface area (Å²) in [5.74, 6) is 0. The number of benzene rings is 2. The van der Waals surface area contributed by atoms with Crippen LogP contribution in [0.2, 0.25) is 0 Å². The average Bonchev–Trinajstić information content (AvgIpc) is 2.65. The number of anilines is 1. The SMILES string of the molecule is CCCCCCCCN1c2ccccc2CN(O)C1c1ccccc1. The molecule has 25 heavy (non-hydrogen) atoms. The van der Waals surface area contributed by atoms with Crippen molar-refractivity contribution in [3.8, 4) is 0 Å². The fraction of sp³-hybridized carbons (Fsp3) is 0.455. The molecule has 2 aromatic carbocycles. The van der Waals surface area contributed by atoms with Gasteiger partial charge in [-0.3, -0.25) is 0 Å². The predicted octanol–water partition coefficient (Wildman–Crippen LogP) is 5.76. The molecule has 1 heterocycles. The molecule has 3 nitrogen and oxygen atoms in total. The summed E-state index contributed by atoms with van der Waals surface area (Å²) < 4.78 is 0. The second-order valence-corrected chi connectivity index (χ2v) is 6.97. The van der Waals surface area contributed by atoms with Crippen molar-refractivity contribution in [3.05, 3.63) is 65.7 Å². The van der Waals surface area contributed by atoms with Crippen molar-refractivity contribution in [3.63, 3.8) is 0 Å². The Bertz CT molecular complexity index is 643. The van der Waals surface area contributed by atoms with Gasteiger partial charge >= 0.3 is 0 Å². The van der Waals surface area contributed by atoms with Gasteiger partial charge in [-0.25, -0.2) is 0 Å². The third-order valence-corrected chi connectivity index (χ3v) is 5.06. The summed E-state index contributed by atoms with van der Waals surface area (Å²) in [4.78, 5) is 2.37. The van der Waals surface area contributed by atoms with Crippen LogP contribution in [-0.2, 0) is 6.54 Å². The molecule has 0 saturated heterocycles. The van der Waals surface area contributed by atoms with E-state index in [9.17, 15) is 5.21 Å². The van der Waals surface area contributed by atoms with Crippen molar-refractivity contribution >= 4 is 5.69 Å². The molecule has 0 bridgehead atoms. The number of fused-ring (bicyclic) bond motifs is 1. The fourth-order valence-electron chi connectivity index (χ4n) is 3.76. The molecule has 1 unspecified atom stereocenters. The van der Waals surface area contributed by atoms with E-state index in [0.717, 1.165) is 18.5 Å². The first-order valence-electron chi connectivity index (χ1n) is 9.66. The van der Waals surface area contributed by atoms with Gasteiger partial charge in [-0.1, -0.05) is 87.6 Å². The van der Waals surface area contributed by atoms with Crippen molar-refractivity contribution < 1.29 is 5.21 Å². The summed E-state index contributed by atoms with van der Waals surface area (Å²) in [6, 6.07) is 18.8. The molecule has 1 atom stereocenters. The second kappa shape index (κ2) is 9.02. The summed E-state index contributed by atoms with van der Waals surface area (Å²) >= 11 is 0. The van der Waals surface area contributed by atoms with Crippen molar-refractivity contribution in [2.24, 2.45) is 0 Å². The molecular formula is C22H30N2O. The normalized spacial score (nSPS) is 17.5. The zero-order valence-electron chi connectivity index (χ0n) is 15.3. The molecule has 0 spiro atoms. The molecule has 0 fully saturated rings. The zero-order valence-corrected chi connectivity index (χ0v) is 15.3. The molecule has 1 aliphatic heterocycles. The number of hydrogen-bond donors (Lipinski definition) is 1. The molecule has 0 saturated carbocycles. The maximum Gasteiger partial charge on any atom is 0.131 e. The Morgan fingerprint density at radius 1 is 0.880 bits per heavy atom. The van der Waals surface area contributed by atoms with E-state index in [1.165, 1.54) is 48.4 Å². The Morgan fingerprint density at radius 3 is 2.36 bits per heavy atom. The van der Waals surface area contributed by atoms with Gasteiger partial charge in [0.15, 0.2) is 0 Å². The van der Waals surface area contributed by atoms with Gasteiger partial charge in [0.25, 0.3) is 0 Å². The van der Waals surface area contributed by atoms with Crippen molar-refractivity contribution in [1.82, 2.24) is 5.06 Å². The van der Waals surface area contributed by atoms with E-state index >= 15 is 0 Å². The third-order valence-electron chi connectivity index (χ3n) is 5.06. The minimum atomic E-state index is -0.105. The minimum absolute atomic E-state index is 0.105. The highest BCUT2D eigenvalue weighted by Gasteiger charge is 2.32. The highest BCUT2D eigenvalue weighted by atomic mass is 16.5. The van der Waals surface area contributed by atoms with Gasteiger partial charge in [-0.2, -0.15) is 5.06 Å². The molecule has 2 aromatic rings. The zero-order chi connectivity index (χ0) is 17.5. The van der Waals surface area contributed by atoms with E-state index in [-0.39, 0.29) is 6.17 Å². The Balaban J connectivity index is 1.76. The number of unbranched alkanes of at least 4 members (excludes halogenated alkanes) is 5. The molecule has 0 radical (unpaired) electrons. The van der Waals surface area contributed by atoms with Crippen LogP contribution in [0.25, 0.3) is 0 Å². The van der Waals surface area contributed by atoms with Crippen LogP contribution in [0.3, 0.4) is 0 Å². The molecular weight excluding hydrogens is 308 g/mol. The van der Waals surface area contributed by atoms with Gasteiger partial charge < -0.3 is 10.1 Å². The first-order chi connectivity index (χ1) is 12.3. The molecule has 0 aromatic heterocycles. The minimum Gasteiger partial charge on any atom is -0.350 e. The van der Waals surface area contributed by atoms with Crippen LogP contribution in [0.5, 0.6) is 0 Å². The van der Waals surface area contributed by atoms with E-state index in [0.29, 0.717) is 6.54 Å². The Morgan fingerprint density at radius 2 is 1.56 bits per heavy atom. The quantitative estimate of drug-likeness (QED) is 0.620. The smallest absolute Gasteiger partial charge is 0.131 e. The molecule has 0 aliphatic carbocycles. The number of rotatable bonds is 8. The third kappa shape index (κ3) is 4.42. The number of hydrogen-bond acceptors (Lipinski definition) is 3. The van der Waals surface area contributed by atoms with Crippen LogP contribution in [0, 0.1) is 0 Å². The number of nitrogens with zero attached hydrogens (tertiary/aromatic N) is 2. The Hall–Kier alpha value is -1.84.